The molecule has 19 heavy (non-hydrogen) atoms. The highest BCUT2D eigenvalue weighted by Crippen LogP contribution is 2.23. The first-order valence-electron chi connectivity index (χ1n) is 6.62. The summed E-state index contributed by atoms with van der Waals surface area (Å²) in [6.45, 7) is 6.41. The zero-order valence-electron chi connectivity index (χ0n) is 11.1. The minimum absolute atomic E-state index is 0.00890. The van der Waals surface area contributed by atoms with Gasteiger partial charge in [0.25, 0.3) is 5.91 Å². The van der Waals surface area contributed by atoms with Crippen molar-refractivity contribution in [3.63, 3.8) is 0 Å². The topological polar surface area (TPSA) is 43.8 Å². The Morgan fingerprint density at radius 1 is 1.32 bits per heavy atom. The molecule has 0 radical (unpaired) electrons. The van der Waals surface area contributed by atoms with Crippen LogP contribution in [0.4, 0.5) is 0 Å². The van der Waals surface area contributed by atoms with E-state index in [9.17, 15) is 9.90 Å². The highest BCUT2D eigenvalue weighted by Gasteiger charge is 2.23. The summed E-state index contributed by atoms with van der Waals surface area (Å²) in [6, 6.07) is 4.56. The van der Waals surface area contributed by atoms with Crippen LogP contribution in [0.2, 0.25) is 5.02 Å². The first-order valence-corrected chi connectivity index (χ1v) is 6.99. The second kappa shape index (κ2) is 6.26. The number of piperazine rings is 1. The number of benzene rings is 1. The zero-order valence-corrected chi connectivity index (χ0v) is 11.9. The van der Waals surface area contributed by atoms with Crippen molar-refractivity contribution in [2.24, 2.45) is 0 Å². The van der Waals surface area contributed by atoms with E-state index in [1.165, 1.54) is 12.1 Å². The third-order valence-electron chi connectivity index (χ3n) is 3.39. The fraction of sp³-hybridized carbons (Fsp3) is 0.500. The monoisotopic (exact) mass is 282 g/mol. The molecule has 0 unspecified atom stereocenters. The molecular weight excluding hydrogens is 264 g/mol. The maximum atomic E-state index is 12.3. The van der Waals surface area contributed by atoms with E-state index >= 15 is 0 Å². The molecule has 0 spiro atoms. The normalized spacial score (nSPS) is 16.6. The van der Waals surface area contributed by atoms with Gasteiger partial charge in [0.05, 0.1) is 5.56 Å². The van der Waals surface area contributed by atoms with E-state index in [-0.39, 0.29) is 17.2 Å². The third-order valence-corrected chi connectivity index (χ3v) is 3.62. The summed E-state index contributed by atoms with van der Waals surface area (Å²) in [6.07, 6.45) is 1.13. The van der Waals surface area contributed by atoms with Crippen LogP contribution in [0.25, 0.3) is 0 Å². The van der Waals surface area contributed by atoms with Crippen molar-refractivity contribution in [1.29, 1.82) is 0 Å². The van der Waals surface area contributed by atoms with Crippen LogP contribution in [0.5, 0.6) is 5.75 Å². The Morgan fingerprint density at radius 3 is 2.63 bits per heavy atom. The first kappa shape index (κ1) is 14.2. The van der Waals surface area contributed by atoms with E-state index in [1.54, 1.807) is 11.0 Å². The highest BCUT2D eigenvalue weighted by molar-refractivity contribution is 6.31. The number of phenols is 1. The van der Waals surface area contributed by atoms with Crippen LogP contribution >= 0.6 is 11.6 Å². The Bertz CT molecular complexity index is 457. The second-order valence-corrected chi connectivity index (χ2v) is 5.23. The number of nitrogens with zero attached hydrogens (tertiary/aromatic N) is 2. The van der Waals surface area contributed by atoms with Crippen molar-refractivity contribution < 1.29 is 9.90 Å². The number of aromatic hydroxyl groups is 1. The lowest BCUT2D eigenvalue weighted by molar-refractivity contribution is 0.0634. The molecule has 1 amide bonds. The SMILES string of the molecule is CCCN1CCN(C(=O)c2cc(Cl)ccc2O)CC1. The van der Waals surface area contributed by atoms with Gasteiger partial charge in [-0.25, -0.2) is 0 Å². The van der Waals surface area contributed by atoms with Crippen molar-refractivity contribution in [2.45, 2.75) is 13.3 Å². The smallest absolute Gasteiger partial charge is 0.257 e. The van der Waals surface area contributed by atoms with Gasteiger partial charge in [-0.1, -0.05) is 18.5 Å². The second-order valence-electron chi connectivity index (χ2n) is 4.80. The molecular formula is C14H19ClN2O2. The molecule has 1 aliphatic heterocycles. The van der Waals surface area contributed by atoms with Crippen molar-refractivity contribution >= 4 is 17.5 Å². The van der Waals surface area contributed by atoms with E-state index in [1.807, 2.05) is 0 Å². The van der Waals surface area contributed by atoms with E-state index in [2.05, 4.69) is 11.8 Å². The lowest BCUT2D eigenvalue weighted by atomic mass is 10.1. The van der Waals surface area contributed by atoms with Gasteiger partial charge in [0.1, 0.15) is 5.75 Å². The van der Waals surface area contributed by atoms with Crippen molar-refractivity contribution in [3.8, 4) is 5.75 Å². The van der Waals surface area contributed by atoms with Crippen LogP contribution in [0, 0.1) is 0 Å². The average molecular weight is 283 g/mol. The maximum Gasteiger partial charge on any atom is 0.257 e. The van der Waals surface area contributed by atoms with E-state index in [0.717, 1.165) is 26.1 Å². The van der Waals surface area contributed by atoms with Gasteiger partial charge in [0.2, 0.25) is 0 Å². The number of carbonyl (C=O) groups excluding carboxylic acids is 1. The molecule has 0 saturated carbocycles. The molecule has 1 aromatic rings. The number of phenolic OH excluding ortho intramolecular Hbond substituents is 1. The fourth-order valence-electron chi connectivity index (χ4n) is 2.34. The molecule has 0 atom stereocenters. The van der Waals surface area contributed by atoms with Crippen LogP contribution < -0.4 is 0 Å². The Morgan fingerprint density at radius 2 is 2.00 bits per heavy atom. The van der Waals surface area contributed by atoms with E-state index < -0.39 is 0 Å². The lowest BCUT2D eigenvalue weighted by Gasteiger charge is -2.34. The number of hydrogen-bond acceptors (Lipinski definition) is 3. The standard InChI is InChI=1S/C14H19ClN2O2/c1-2-5-16-6-8-17(9-7-16)14(19)12-10-11(15)3-4-13(12)18/h3-4,10,18H,2,5-9H2,1H3. The molecule has 2 rings (SSSR count). The van der Waals surface area contributed by atoms with Gasteiger partial charge in [-0.2, -0.15) is 0 Å². The molecule has 0 bridgehead atoms. The number of carbonyl (C=O) groups is 1. The summed E-state index contributed by atoms with van der Waals surface area (Å²) >= 11 is 5.87. The summed E-state index contributed by atoms with van der Waals surface area (Å²) in [5, 5.41) is 10.2. The molecule has 1 aromatic carbocycles. The summed E-state index contributed by atoms with van der Waals surface area (Å²) in [4.78, 5) is 16.5. The van der Waals surface area contributed by atoms with Gasteiger partial charge in [-0.3, -0.25) is 9.69 Å². The number of rotatable bonds is 3. The molecule has 1 saturated heterocycles. The van der Waals surface area contributed by atoms with Gasteiger partial charge in [0, 0.05) is 31.2 Å². The molecule has 0 aliphatic carbocycles. The van der Waals surface area contributed by atoms with Gasteiger partial charge < -0.3 is 10.0 Å². The van der Waals surface area contributed by atoms with Gasteiger partial charge in [0.15, 0.2) is 0 Å². The minimum Gasteiger partial charge on any atom is -0.507 e. The Balaban J connectivity index is 2.03. The van der Waals surface area contributed by atoms with Crippen LogP contribution in [-0.2, 0) is 0 Å². The first-order chi connectivity index (χ1) is 9.11. The van der Waals surface area contributed by atoms with Crippen LogP contribution in [0.15, 0.2) is 18.2 Å². The molecule has 1 aliphatic rings. The summed E-state index contributed by atoms with van der Waals surface area (Å²) in [5.74, 6) is -0.151. The molecule has 1 N–H and O–H groups in total. The summed E-state index contributed by atoms with van der Waals surface area (Å²) < 4.78 is 0. The molecule has 1 fully saturated rings. The average Bonchev–Trinajstić information content (AvgIpc) is 2.42. The van der Waals surface area contributed by atoms with Gasteiger partial charge in [-0.15, -0.1) is 0 Å². The summed E-state index contributed by atoms with van der Waals surface area (Å²) in [5.41, 5.74) is 0.288. The Kier molecular flexibility index (Phi) is 4.66. The summed E-state index contributed by atoms with van der Waals surface area (Å²) in [7, 11) is 0. The predicted octanol–water partition coefficient (Wildman–Crippen LogP) is 2.21. The number of halogens is 1. The van der Waals surface area contributed by atoms with Crippen LogP contribution in [0.1, 0.15) is 23.7 Å². The fourth-order valence-corrected chi connectivity index (χ4v) is 2.51. The molecule has 5 heteroatoms. The van der Waals surface area contributed by atoms with Crippen LogP contribution in [0.3, 0.4) is 0 Å². The van der Waals surface area contributed by atoms with Gasteiger partial charge in [-0.05, 0) is 31.2 Å². The Hall–Kier alpha value is -1.26. The lowest BCUT2D eigenvalue weighted by Crippen LogP contribution is -2.48. The largest absolute Gasteiger partial charge is 0.507 e. The van der Waals surface area contributed by atoms with E-state index in [4.69, 9.17) is 11.6 Å². The quantitative estimate of drug-likeness (QED) is 0.924. The highest BCUT2D eigenvalue weighted by atomic mass is 35.5. The van der Waals surface area contributed by atoms with Crippen molar-refractivity contribution in [2.75, 3.05) is 32.7 Å². The van der Waals surface area contributed by atoms with Crippen molar-refractivity contribution in [3.05, 3.63) is 28.8 Å². The third kappa shape index (κ3) is 3.39. The van der Waals surface area contributed by atoms with Gasteiger partial charge >= 0.3 is 0 Å². The molecule has 4 nitrogen and oxygen atoms in total. The maximum absolute atomic E-state index is 12.3. The zero-order chi connectivity index (χ0) is 13.8. The minimum atomic E-state index is -0.142. The Labute approximate surface area is 118 Å². The number of amides is 1. The van der Waals surface area contributed by atoms with E-state index in [0.29, 0.717) is 18.1 Å². The predicted molar refractivity (Wildman–Crippen MR) is 75.8 cm³/mol. The van der Waals surface area contributed by atoms with Crippen LogP contribution in [-0.4, -0.2) is 53.5 Å². The molecule has 104 valence electrons. The molecule has 0 aromatic heterocycles. The molecule has 1 heterocycles. The van der Waals surface area contributed by atoms with Crippen molar-refractivity contribution in [1.82, 2.24) is 9.80 Å². The number of hydrogen-bond donors (Lipinski definition) is 1.